The van der Waals surface area contributed by atoms with E-state index in [0.717, 1.165) is 13.1 Å². The van der Waals surface area contributed by atoms with Gasteiger partial charge in [0.2, 0.25) is 0 Å². The van der Waals surface area contributed by atoms with Gasteiger partial charge in [-0.25, -0.2) is 0 Å². The third-order valence-corrected chi connectivity index (χ3v) is 4.23. The summed E-state index contributed by atoms with van der Waals surface area (Å²) in [6.45, 7) is 1.72. The molecular formula is C5H12N2O2Se. The van der Waals surface area contributed by atoms with Crippen LogP contribution in [0.3, 0.4) is 0 Å². The summed E-state index contributed by atoms with van der Waals surface area (Å²) in [7, 11) is 3.68. The molecule has 1 saturated heterocycles. The number of likely N-dealkylation sites (N-methyl/N-ethyl adjacent to an activating group) is 2. The van der Waals surface area contributed by atoms with E-state index in [1.54, 1.807) is 0 Å². The normalized spacial score (nSPS) is 24.7. The molecule has 0 unspecified atom stereocenters. The van der Waals surface area contributed by atoms with Crippen LogP contribution >= 0.6 is 0 Å². The fourth-order valence-corrected chi connectivity index (χ4v) is 3.04. The van der Waals surface area contributed by atoms with Gasteiger partial charge in [0.1, 0.15) is 0 Å². The molecule has 0 aromatic carbocycles. The Morgan fingerprint density at radius 1 is 1.20 bits per heavy atom. The Balaban J connectivity index is 2.72. The fourth-order valence-electron chi connectivity index (χ4n) is 1.20. The molecule has 1 rings (SSSR count). The molecule has 0 radical (unpaired) electrons. The molecule has 0 bridgehead atoms. The van der Waals surface area contributed by atoms with Gasteiger partial charge < -0.3 is 0 Å². The third-order valence-electron chi connectivity index (χ3n) is 1.78. The third kappa shape index (κ3) is 1.37. The van der Waals surface area contributed by atoms with Gasteiger partial charge in [0.25, 0.3) is 0 Å². The van der Waals surface area contributed by atoms with E-state index < -0.39 is 13.8 Å². The zero-order chi connectivity index (χ0) is 7.72. The Morgan fingerprint density at radius 2 is 1.60 bits per heavy atom. The summed E-state index contributed by atoms with van der Waals surface area (Å²) in [5.41, 5.74) is 0. The molecule has 0 atom stereocenters. The average molecular weight is 211 g/mol. The summed E-state index contributed by atoms with van der Waals surface area (Å²) >= 11 is -3.05. The Bertz CT molecular complexity index is 174. The minimum atomic E-state index is -3.05. The first-order valence-corrected chi connectivity index (χ1v) is 5.78. The second-order valence-electron chi connectivity index (χ2n) is 2.59. The van der Waals surface area contributed by atoms with Crippen molar-refractivity contribution in [2.24, 2.45) is 0 Å². The molecule has 1 aliphatic rings. The predicted molar refractivity (Wildman–Crippen MR) is 37.6 cm³/mol. The second-order valence-corrected chi connectivity index (χ2v) is 4.76. The Kier molecular flexibility index (Phi) is 2.41. The van der Waals surface area contributed by atoms with Gasteiger partial charge in [-0.1, -0.05) is 0 Å². The van der Waals surface area contributed by atoms with E-state index in [0.29, 0.717) is 0 Å². The van der Waals surface area contributed by atoms with Gasteiger partial charge in [-0.2, -0.15) is 0 Å². The number of nitrogens with zero attached hydrogens (tertiary/aromatic N) is 2. The molecule has 1 aliphatic heterocycles. The molecule has 4 nitrogen and oxygen atoms in total. The Labute approximate surface area is 64.1 Å². The maximum absolute atomic E-state index is 10.7. The fraction of sp³-hybridized carbons (Fsp3) is 1.00. The molecular weight excluding hydrogens is 199 g/mol. The van der Waals surface area contributed by atoms with Crippen molar-refractivity contribution in [3.05, 3.63) is 0 Å². The Morgan fingerprint density at radius 3 is 1.80 bits per heavy atom. The van der Waals surface area contributed by atoms with Gasteiger partial charge in [-0.05, 0) is 0 Å². The quantitative estimate of drug-likeness (QED) is 0.511. The van der Waals surface area contributed by atoms with Gasteiger partial charge >= 0.3 is 63.5 Å². The SMILES string of the molecule is CN1CCN(C)C1[SeH](=O)=O. The van der Waals surface area contributed by atoms with E-state index in [2.05, 4.69) is 0 Å². The first-order chi connectivity index (χ1) is 4.63. The van der Waals surface area contributed by atoms with E-state index in [9.17, 15) is 7.67 Å². The van der Waals surface area contributed by atoms with E-state index in [-0.39, 0.29) is 5.06 Å². The van der Waals surface area contributed by atoms with E-state index in [1.165, 1.54) is 0 Å². The number of rotatable bonds is 1. The summed E-state index contributed by atoms with van der Waals surface area (Å²) in [5.74, 6) is 0. The van der Waals surface area contributed by atoms with Crippen LogP contribution in [0.4, 0.5) is 0 Å². The van der Waals surface area contributed by atoms with Crippen molar-refractivity contribution in [2.75, 3.05) is 27.2 Å². The van der Waals surface area contributed by atoms with Gasteiger partial charge in [-0.3, -0.25) is 0 Å². The van der Waals surface area contributed by atoms with Crippen LogP contribution in [-0.4, -0.2) is 55.8 Å². The molecule has 0 aromatic rings. The van der Waals surface area contributed by atoms with Crippen molar-refractivity contribution in [3.63, 3.8) is 0 Å². The zero-order valence-electron chi connectivity index (χ0n) is 6.15. The molecule has 60 valence electrons. The van der Waals surface area contributed by atoms with Crippen LogP contribution in [0.2, 0.25) is 0 Å². The van der Waals surface area contributed by atoms with E-state index >= 15 is 0 Å². The summed E-state index contributed by atoms with van der Waals surface area (Å²) in [4.78, 5) is 3.72. The Hall–Kier alpha value is 0.0395. The van der Waals surface area contributed by atoms with Crippen molar-refractivity contribution < 1.29 is 7.67 Å². The van der Waals surface area contributed by atoms with Gasteiger partial charge in [0.15, 0.2) is 0 Å². The summed E-state index contributed by atoms with van der Waals surface area (Å²) in [5, 5.41) is -0.299. The van der Waals surface area contributed by atoms with Crippen LogP contribution in [0.5, 0.6) is 0 Å². The molecule has 10 heavy (non-hydrogen) atoms. The van der Waals surface area contributed by atoms with E-state index in [1.807, 2.05) is 23.9 Å². The van der Waals surface area contributed by atoms with Crippen LogP contribution in [0.15, 0.2) is 0 Å². The van der Waals surface area contributed by atoms with Crippen molar-refractivity contribution in [1.82, 2.24) is 9.80 Å². The predicted octanol–water partition coefficient (Wildman–Crippen LogP) is -1.19. The monoisotopic (exact) mass is 212 g/mol. The summed E-state index contributed by atoms with van der Waals surface area (Å²) < 4.78 is 21.3. The van der Waals surface area contributed by atoms with E-state index in [4.69, 9.17) is 0 Å². The van der Waals surface area contributed by atoms with Crippen LogP contribution in [-0.2, 0) is 7.67 Å². The van der Waals surface area contributed by atoms with Crippen molar-refractivity contribution in [3.8, 4) is 0 Å². The average Bonchev–Trinajstić information content (AvgIpc) is 2.11. The number of hydrogen-bond acceptors (Lipinski definition) is 4. The van der Waals surface area contributed by atoms with Crippen LogP contribution in [0.1, 0.15) is 0 Å². The van der Waals surface area contributed by atoms with Crippen LogP contribution in [0, 0.1) is 0 Å². The molecule has 5 heteroatoms. The molecule has 0 N–H and O–H groups in total. The zero-order valence-corrected chi connectivity index (χ0v) is 8.03. The second kappa shape index (κ2) is 2.96. The first-order valence-electron chi connectivity index (χ1n) is 3.17. The van der Waals surface area contributed by atoms with Gasteiger partial charge in [-0.15, -0.1) is 0 Å². The molecule has 0 aliphatic carbocycles. The van der Waals surface area contributed by atoms with Gasteiger partial charge in [0.05, 0.1) is 0 Å². The van der Waals surface area contributed by atoms with Crippen LogP contribution in [0.25, 0.3) is 0 Å². The van der Waals surface area contributed by atoms with Crippen LogP contribution < -0.4 is 0 Å². The molecule has 0 saturated carbocycles. The number of hydrogen-bond donors (Lipinski definition) is 0. The molecule has 1 fully saturated rings. The first kappa shape index (κ1) is 8.14. The topological polar surface area (TPSA) is 40.6 Å². The summed E-state index contributed by atoms with van der Waals surface area (Å²) in [6.07, 6.45) is 0. The minimum absolute atomic E-state index is 0.299. The molecule has 1 heterocycles. The molecule has 0 spiro atoms. The van der Waals surface area contributed by atoms with Gasteiger partial charge in [0, 0.05) is 0 Å². The maximum atomic E-state index is 10.7. The van der Waals surface area contributed by atoms with Crippen molar-refractivity contribution >= 4 is 13.8 Å². The van der Waals surface area contributed by atoms with Crippen molar-refractivity contribution in [2.45, 2.75) is 5.06 Å². The standard InChI is InChI=1S/C5H12N2O2Se/c1-6-3-4-7(2)5(6)10(8)9/h5,10H,3-4H2,1-2H3. The summed E-state index contributed by atoms with van der Waals surface area (Å²) in [6, 6.07) is 0. The molecule has 0 aromatic heterocycles. The molecule has 0 amide bonds. The van der Waals surface area contributed by atoms with Crippen molar-refractivity contribution in [1.29, 1.82) is 0 Å².